The number of hydrogen-bond donors (Lipinski definition) is 1. The van der Waals surface area contributed by atoms with Crippen molar-refractivity contribution in [1.82, 2.24) is 10.2 Å². The van der Waals surface area contributed by atoms with E-state index >= 15 is 0 Å². The van der Waals surface area contributed by atoms with Gasteiger partial charge in [-0.05, 0) is 42.3 Å². The number of rotatable bonds is 3. The van der Waals surface area contributed by atoms with E-state index in [1.54, 1.807) is 0 Å². The number of benzene rings is 2. The highest BCUT2D eigenvalue weighted by Gasteiger charge is 2.28. The van der Waals surface area contributed by atoms with Crippen molar-refractivity contribution in [2.24, 2.45) is 0 Å². The van der Waals surface area contributed by atoms with Crippen molar-refractivity contribution >= 4 is 35.6 Å². The molecule has 2 nitrogen and oxygen atoms in total. The second-order valence-corrected chi connectivity index (χ2v) is 6.67. The number of halogens is 3. The SMILES string of the molecule is C[C@@H]1CNCCN1C(c1ccc(Cl)cc1)c1ccc(Cl)cc1.Cl. The van der Waals surface area contributed by atoms with E-state index < -0.39 is 0 Å². The van der Waals surface area contributed by atoms with Crippen LogP contribution in [0.5, 0.6) is 0 Å². The maximum atomic E-state index is 6.06. The molecule has 0 unspecified atom stereocenters. The Morgan fingerprint density at radius 2 is 1.43 bits per heavy atom. The predicted octanol–water partition coefficient (Wildman–Crippen LogP) is 4.80. The van der Waals surface area contributed by atoms with Crippen molar-refractivity contribution in [3.8, 4) is 0 Å². The molecule has 0 amide bonds. The number of hydrogen-bond acceptors (Lipinski definition) is 2. The van der Waals surface area contributed by atoms with E-state index in [-0.39, 0.29) is 18.4 Å². The molecular weight excluding hydrogens is 351 g/mol. The minimum Gasteiger partial charge on any atom is -0.314 e. The van der Waals surface area contributed by atoms with Gasteiger partial charge in [-0.15, -0.1) is 12.4 Å². The van der Waals surface area contributed by atoms with Gasteiger partial charge in [-0.2, -0.15) is 0 Å². The molecule has 23 heavy (non-hydrogen) atoms. The van der Waals surface area contributed by atoms with E-state index in [2.05, 4.69) is 41.4 Å². The monoisotopic (exact) mass is 370 g/mol. The van der Waals surface area contributed by atoms with Gasteiger partial charge in [-0.3, -0.25) is 4.90 Å². The second-order valence-electron chi connectivity index (χ2n) is 5.80. The highest BCUT2D eigenvalue weighted by atomic mass is 35.5. The lowest BCUT2D eigenvalue weighted by molar-refractivity contribution is 0.137. The Kier molecular flexibility index (Phi) is 6.75. The fourth-order valence-electron chi connectivity index (χ4n) is 3.11. The van der Waals surface area contributed by atoms with E-state index in [0.717, 1.165) is 29.7 Å². The van der Waals surface area contributed by atoms with Gasteiger partial charge < -0.3 is 5.32 Å². The van der Waals surface area contributed by atoms with E-state index in [0.29, 0.717) is 6.04 Å². The average Bonchev–Trinajstić information content (AvgIpc) is 2.53. The van der Waals surface area contributed by atoms with Crippen molar-refractivity contribution in [2.45, 2.75) is 19.0 Å². The van der Waals surface area contributed by atoms with Gasteiger partial charge in [0.05, 0.1) is 6.04 Å². The zero-order chi connectivity index (χ0) is 15.5. The Morgan fingerprint density at radius 3 is 1.87 bits per heavy atom. The predicted molar refractivity (Wildman–Crippen MR) is 101 cm³/mol. The first-order valence-electron chi connectivity index (χ1n) is 7.62. The zero-order valence-electron chi connectivity index (χ0n) is 13.0. The van der Waals surface area contributed by atoms with Gasteiger partial charge >= 0.3 is 0 Å². The summed E-state index contributed by atoms with van der Waals surface area (Å²) in [5, 5.41) is 5.00. The van der Waals surface area contributed by atoms with Crippen LogP contribution in [0.15, 0.2) is 48.5 Å². The van der Waals surface area contributed by atoms with Gasteiger partial charge in [0.15, 0.2) is 0 Å². The maximum absolute atomic E-state index is 6.06. The quantitative estimate of drug-likeness (QED) is 0.834. The Bertz CT molecular complexity index is 568. The molecule has 1 heterocycles. The van der Waals surface area contributed by atoms with Crippen molar-refractivity contribution in [3.05, 3.63) is 69.7 Å². The third-order valence-electron chi connectivity index (χ3n) is 4.26. The maximum Gasteiger partial charge on any atom is 0.0605 e. The number of nitrogens with one attached hydrogen (secondary N) is 1. The van der Waals surface area contributed by atoms with Crippen LogP contribution in [0.25, 0.3) is 0 Å². The summed E-state index contributed by atoms with van der Waals surface area (Å²) in [6.45, 7) is 5.32. The number of piperazine rings is 1. The minimum absolute atomic E-state index is 0. The molecule has 0 aromatic heterocycles. The molecule has 2 aromatic carbocycles. The first-order chi connectivity index (χ1) is 10.6. The summed E-state index contributed by atoms with van der Waals surface area (Å²) in [6, 6.07) is 17.1. The van der Waals surface area contributed by atoms with E-state index in [4.69, 9.17) is 23.2 Å². The molecule has 1 N–H and O–H groups in total. The molecule has 1 aliphatic heterocycles. The highest BCUT2D eigenvalue weighted by Crippen LogP contribution is 2.32. The van der Waals surface area contributed by atoms with Crippen molar-refractivity contribution in [2.75, 3.05) is 19.6 Å². The molecule has 0 spiro atoms. The summed E-state index contributed by atoms with van der Waals surface area (Å²) in [6.07, 6.45) is 0. The summed E-state index contributed by atoms with van der Waals surface area (Å²) in [7, 11) is 0. The summed E-state index contributed by atoms with van der Waals surface area (Å²) < 4.78 is 0. The molecule has 124 valence electrons. The lowest BCUT2D eigenvalue weighted by Gasteiger charge is -2.40. The molecule has 2 aromatic rings. The third kappa shape index (κ3) is 4.40. The van der Waals surface area contributed by atoms with Crippen LogP contribution in [0.3, 0.4) is 0 Å². The first kappa shape index (κ1) is 18.6. The largest absolute Gasteiger partial charge is 0.314 e. The fraction of sp³-hybridized carbons (Fsp3) is 0.333. The smallest absolute Gasteiger partial charge is 0.0605 e. The molecule has 1 aliphatic rings. The lowest BCUT2D eigenvalue weighted by Crippen LogP contribution is -2.51. The van der Waals surface area contributed by atoms with Crippen LogP contribution in [-0.4, -0.2) is 30.6 Å². The van der Waals surface area contributed by atoms with Gasteiger partial charge in [-0.25, -0.2) is 0 Å². The van der Waals surface area contributed by atoms with E-state index in [9.17, 15) is 0 Å². The summed E-state index contributed by atoms with van der Waals surface area (Å²) >= 11 is 12.1. The van der Waals surface area contributed by atoms with Crippen LogP contribution in [0.1, 0.15) is 24.1 Å². The van der Waals surface area contributed by atoms with Gasteiger partial charge in [0.2, 0.25) is 0 Å². The highest BCUT2D eigenvalue weighted by molar-refractivity contribution is 6.30. The van der Waals surface area contributed by atoms with Crippen LogP contribution < -0.4 is 5.32 Å². The summed E-state index contributed by atoms with van der Waals surface area (Å²) in [5.74, 6) is 0. The van der Waals surface area contributed by atoms with Crippen LogP contribution in [0.2, 0.25) is 10.0 Å². The summed E-state index contributed by atoms with van der Waals surface area (Å²) in [4.78, 5) is 2.54. The second kappa shape index (κ2) is 8.36. The molecule has 1 saturated heterocycles. The summed E-state index contributed by atoms with van der Waals surface area (Å²) in [5.41, 5.74) is 2.53. The lowest BCUT2D eigenvalue weighted by atomic mass is 9.95. The van der Waals surface area contributed by atoms with Gasteiger partial charge in [0.25, 0.3) is 0 Å². The standard InChI is InChI=1S/C18H20Cl2N2.ClH/c1-13-12-21-10-11-22(13)18(14-2-6-16(19)7-3-14)15-4-8-17(20)9-5-15;/h2-9,13,18,21H,10-12H2,1H3;1H/t13-;/m1./s1. The Hall–Kier alpha value is -0.770. The van der Waals surface area contributed by atoms with E-state index in [1.807, 2.05) is 24.3 Å². The van der Waals surface area contributed by atoms with Crippen LogP contribution in [0, 0.1) is 0 Å². The van der Waals surface area contributed by atoms with Crippen molar-refractivity contribution < 1.29 is 0 Å². The Balaban J connectivity index is 0.00000192. The van der Waals surface area contributed by atoms with Crippen LogP contribution >= 0.6 is 35.6 Å². The van der Waals surface area contributed by atoms with Gasteiger partial charge in [0, 0.05) is 35.7 Å². The molecule has 5 heteroatoms. The normalized spacial score (nSPS) is 18.7. The zero-order valence-corrected chi connectivity index (χ0v) is 15.3. The molecule has 0 bridgehead atoms. The first-order valence-corrected chi connectivity index (χ1v) is 8.38. The van der Waals surface area contributed by atoms with E-state index in [1.165, 1.54) is 11.1 Å². The molecule has 0 saturated carbocycles. The fourth-order valence-corrected chi connectivity index (χ4v) is 3.36. The Morgan fingerprint density at radius 1 is 0.957 bits per heavy atom. The van der Waals surface area contributed by atoms with Gasteiger partial charge in [0.1, 0.15) is 0 Å². The average molecular weight is 372 g/mol. The molecule has 0 aliphatic carbocycles. The molecular formula is C18H21Cl3N2. The Labute approximate surface area is 154 Å². The van der Waals surface area contributed by atoms with Crippen LogP contribution in [-0.2, 0) is 0 Å². The number of nitrogens with zero attached hydrogens (tertiary/aromatic N) is 1. The van der Waals surface area contributed by atoms with Crippen LogP contribution in [0.4, 0.5) is 0 Å². The minimum atomic E-state index is 0. The molecule has 0 radical (unpaired) electrons. The van der Waals surface area contributed by atoms with Crippen molar-refractivity contribution in [1.29, 1.82) is 0 Å². The molecule has 3 rings (SSSR count). The topological polar surface area (TPSA) is 15.3 Å². The van der Waals surface area contributed by atoms with Crippen molar-refractivity contribution in [3.63, 3.8) is 0 Å². The molecule has 1 atom stereocenters. The molecule has 1 fully saturated rings. The third-order valence-corrected chi connectivity index (χ3v) is 4.76. The van der Waals surface area contributed by atoms with Gasteiger partial charge in [-0.1, -0.05) is 47.5 Å².